The molecular weight excluding hydrogens is 100 g/mol. The van der Waals surface area contributed by atoms with Gasteiger partial charge in [0.05, 0.1) is 0 Å². The third kappa shape index (κ3) is 6.22. The minimum absolute atomic E-state index is 0.903. The Bertz CT molecular complexity index is 33.4. The molecule has 1 radical (unpaired) electrons. The molecule has 0 aliphatic heterocycles. The maximum absolute atomic E-state index is 2.28. The summed E-state index contributed by atoms with van der Waals surface area (Å²) in [5.74, 6) is 0. The van der Waals surface area contributed by atoms with Crippen LogP contribution in [0.4, 0.5) is 0 Å². The highest BCUT2D eigenvalue weighted by atomic mass is 28.2. The molecule has 0 aromatic rings. The van der Waals surface area contributed by atoms with Gasteiger partial charge in [-0.1, -0.05) is 27.7 Å². The lowest BCUT2D eigenvalue weighted by molar-refractivity contribution is 0.971. The third-order valence-electron chi connectivity index (χ3n) is 0.667. The van der Waals surface area contributed by atoms with Crippen LogP contribution in [0.3, 0.4) is 0 Å². The average molecular weight is 114 g/mol. The van der Waals surface area contributed by atoms with Crippen molar-refractivity contribution in [3.05, 3.63) is 0 Å². The van der Waals surface area contributed by atoms with Crippen LogP contribution < -0.4 is 0 Å². The van der Waals surface area contributed by atoms with Crippen LogP contribution in [0.1, 0.15) is 27.7 Å². The largest absolute Gasteiger partial charge is 0.422 e. The number of hydrogen-bond acceptors (Lipinski definition) is 0. The molecule has 43 valence electrons. The Morgan fingerprint density at radius 3 is 1.14 bits per heavy atom. The molecule has 0 aliphatic rings. The summed E-state index contributed by atoms with van der Waals surface area (Å²) in [7, 11) is 1.15. The van der Waals surface area contributed by atoms with Crippen LogP contribution in [0, 0.1) is 0 Å². The summed E-state index contributed by atoms with van der Waals surface area (Å²) in [4.78, 5) is 0. The van der Waals surface area contributed by atoms with Gasteiger partial charge in [-0.3, -0.25) is 0 Å². The molecule has 7 heavy (non-hydrogen) atoms. The fourth-order valence-electron chi connectivity index (χ4n) is 0.667. The van der Waals surface area contributed by atoms with Gasteiger partial charge in [-0.15, -0.1) is 0 Å². The summed E-state index contributed by atoms with van der Waals surface area (Å²) in [5.41, 5.74) is 1.81. The minimum atomic E-state index is 0.903. The van der Waals surface area contributed by atoms with Crippen molar-refractivity contribution in [3.63, 3.8) is 0 Å². The lowest BCUT2D eigenvalue weighted by Crippen LogP contribution is -1.98. The number of hydrogen-bond donors (Lipinski definition) is 0. The first-order chi connectivity index (χ1) is 3.13. The molecule has 0 saturated heterocycles. The van der Waals surface area contributed by atoms with Crippen molar-refractivity contribution in [3.8, 4) is 0 Å². The summed E-state index contributed by atoms with van der Waals surface area (Å²) in [6.07, 6.45) is 0. The van der Waals surface area contributed by atoms with E-state index in [0.717, 1.165) is 20.6 Å². The van der Waals surface area contributed by atoms with Crippen molar-refractivity contribution in [1.29, 1.82) is 0 Å². The molecule has 0 aliphatic carbocycles. The van der Waals surface area contributed by atoms with Crippen LogP contribution in [0.5, 0.6) is 0 Å². The zero-order valence-electron chi connectivity index (χ0n) is 5.65. The van der Waals surface area contributed by atoms with E-state index in [1.54, 1.807) is 0 Å². The normalized spacial score (nSPS) is 11.1. The summed E-state index contributed by atoms with van der Waals surface area (Å²) in [5, 5.41) is 0. The van der Waals surface area contributed by atoms with E-state index in [4.69, 9.17) is 0 Å². The number of rotatable bonds is 2. The van der Waals surface area contributed by atoms with E-state index in [1.165, 1.54) is 0 Å². The molecule has 0 fully saturated rings. The monoisotopic (exact) mass is 114 g/mol. The van der Waals surface area contributed by atoms with Crippen molar-refractivity contribution >= 4 is 9.52 Å². The summed E-state index contributed by atoms with van der Waals surface area (Å²) in [6, 6.07) is 0. The SMILES string of the molecule is CC(C)[Si-]C(C)C. The molecule has 0 unspecified atom stereocenters. The fraction of sp³-hybridized carbons (Fsp3) is 1.00. The molecule has 0 bridgehead atoms. The Labute approximate surface area is 49.1 Å². The molecule has 0 spiro atoms. The molecule has 1 heteroatoms. The van der Waals surface area contributed by atoms with Crippen LogP contribution in [0.15, 0.2) is 0 Å². The third-order valence-corrected chi connectivity index (χ3v) is 2.00. The van der Waals surface area contributed by atoms with E-state index < -0.39 is 0 Å². The van der Waals surface area contributed by atoms with Gasteiger partial charge in [0.1, 0.15) is 0 Å². The van der Waals surface area contributed by atoms with E-state index in [0.29, 0.717) is 0 Å². The molecule has 0 aromatic heterocycles. The van der Waals surface area contributed by atoms with Crippen LogP contribution in [-0.2, 0) is 0 Å². The van der Waals surface area contributed by atoms with Gasteiger partial charge in [-0.05, 0) is 0 Å². The van der Waals surface area contributed by atoms with E-state index in [1.807, 2.05) is 0 Å². The van der Waals surface area contributed by atoms with Gasteiger partial charge in [0, 0.05) is 0 Å². The minimum Gasteiger partial charge on any atom is -0.422 e. The Hall–Kier alpha value is 0.217. The van der Waals surface area contributed by atoms with Gasteiger partial charge in [0.2, 0.25) is 0 Å². The van der Waals surface area contributed by atoms with Crippen molar-refractivity contribution in [2.75, 3.05) is 0 Å². The predicted molar refractivity (Wildman–Crippen MR) is 35.9 cm³/mol. The predicted octanol–water partition coefficient (Wildman–Crippen LogP) is 2.35. The fourth-order valence-corrected chi connectivity index (χ4v) is 2.00. The molecule has 0 amide bonds. The second-order valence-corrected chi connectivity index (χ2v) is 5.12. The molecule has 0 nitrogen and oxygen atoms in total. The molecule has 0 saturated carbocycles. The first kappa shape index (κ1) is 7.22. The van der Waals surface area contributed by atoms with Crippen molar-refractivity contribution < 1.29 is 0 Å². The van der Waals surface area contributed by atoms with E-state index in [-0.39, 0.29) is 0 Å². The van der Waals surface area contributed by atoms with Crippen LogP contribution >= 0.6 is 0 Å². The van der Waals surface area contributed by atoms with Gasteiger partial charge < -0.3 is 9.52 Å². The van der Waals surface area contributed by atoms with Gasteiger partial charge in [-0.2, -0.15) is 0 Å². The zero-order valence-corrected chi connectivity index (χ0v) is 6.65. The molecule has 0 rings (SSSR count). The highest BCUT2D eigenvalue weighted by Gasteiger charge is 1.78. The van der Waals surface area contributed by atoms with Gasteiger partial charge >= 0.3 is 0 Å². The van der Waals surface area contributed by atoms with Crippen LogP contribution in [0.25, 0.3) is 0 Å². The Morgan fingerprint density at radius 1 is 0.857 bits per heavy atom. The Kier molecular flexibility index (Phi) is 3.35. The van der Waals surface area contributed by atoms with Crippen molar-refractivity contribution in [2.24, 2.45) is 0 Å². The van der Waals surface area contributed by atoms with Gasteiger partial charge in [0.15, 0.2) is 0 Å². The van der Waals surface area contributed by atoms with Crippen molar-refractivity contribution in [2.45, 2.75) is 38.8 Å². The average Bonchev–Trinajstić information content (AvgIpc) is 1.27. The second kappa shape index (κ2) is 3.25. The maximum Gasteiger partial charge on any atom is -0.0955 e. The van der Waals surface area contributed by atoms with Crippen LogP contribution in [0.2, 0.25) is 11.1 Å². The molecule has 0 heterocycles. The van der Waals surface area contributed by atoms with E-state index >= 15 is 0 Å². The summed E-state index contributed by atoms with van der Waals surface area (Å²) < 4.78 is 0. The smallest absolute Gasteiger partial charge is 0.0955 e. The topological polar surface area (TPSA) is 0 Å². The Balaban J connectivity index is 2.95. The maximum atomic E-state index is 2.28. The standard InChI is InChI=1S/C6H14Si/c1-5(2)7-6(3)4/h5-6H,1-4H3/q-1. The summed E-state index contributed by atoms with van der Waals surface area (Å²) >= 11 is 0. The van der Waals surface area contributed by atoms with Crippen LogP contribution in [-0.4, -0.2) is 9.52 Å². The van der Waals surface area contributed by atoms with Gasteiger partial charge in [-0.25, -0.2) is 11.1 Å². The first-order valence-electron chi connectivity index (χ1n) is 2.89. The quantitative estimate of drug-likeness (QED) is 0.483. The second-order valence-electron chi connectivity index (χ2n) is 2.48. The zero-order chi connectivity index (χ0) is 5.86. The lowest BCUT2D eigenvalue weighted by Gasteiger charge is -2.24. The summed E-state index contributed by atoms with van der Waals surface area (Å²) in [6.45, 7) is 9.10. The van der Waals surface area contributed by atoms with Crippen molar-refractivity contribution in [1.82, 2.24) is 0 Å². The molecular formula is C6H14Si-. The molecule has 0 aromatic carbocycles. The van der Waals surface area contributed by atoms with Gasteiger partial charge in [0.25, 0.3) is 0 Å². The Morgan fingerprint density at radius 2 is 1.14 bits per heavy atom. The molecule has 0 N–H and O–H groups in total. The lowest BCUT2D eigenvalue weighted by atomic mass is 10.5. The molecule has 0 atom stereocenters. The highest BCUT2D eigenvalue weighted by molar-refractivity contribution is 6.38. The first-order valence-corrected chi connectivity index (χ1v) is 4.04. The van der Waals surface area contributed by atoms with E-state index in [2.05, 4.69) is 27.7 Å². The highest BCUT2D eigenvalue weighted by Crippen LogP contribution is 2.07. The van der Waals surface area contributed by atoms with E-state index in [9.17, 15) is 0 Å².